The summed E-state index contributed by atoms with van der Waals surface area (Å²) in [6.45, 7) is 2.93. The SMILES string of the molecule is Cc1nc2c(c(N(C)C)n1)CN(C(=O)Nc1ccc(Cl)cc1Cl)CC2. The standard InChI is InChI=1S/C17H19Cl2N5O/c1-10-20-14-6-7-24(9-12(14)16(21-10)23(2)3)17(25)22-15-5-4-11(18)8-13(15)19/h4-5,8H,6-7,9H2,1-3H3,(H,22,25). The molecule has 1 N–H and O–H groups in total. The molecule has 2 aromatic rings. The molecule has 132 valence electrons. The third-order valence-electron chi connectivity index (χ3n) is 4.03. The van der Waals surface area contributed by atoms with Crippen LogP contribution in [-0.2, 0) is 13.0 Å². The quantitative estimate of drug-likeness (QED) is 0.862. The van der Waals surface area contributed by atoms with Crippen LogP contribution < -0.4 is 10.2 Å². The highest BCUT2D eigenvalue weighted by atomic mass is 35.5. The molecule has 25 heavy (non-hydrogen) atoms. The molecule has 3 rings (SSSR count). The summed E-state index contributed by atoms with van der Waals surface area (Å²) >= 11 is 12.0. The van der Waals surface area contributed by atoms with Gasteiger partial charge in [-0.2, -0.15) is 0 Å². The minimum atomic E-state index is -0.208. The van der Waals surface area contributed by atoms with Crippen LogP contribution in [0, 0.1) is 6.92 Å². The van der Waals surface area contributed by atoms with Crippen molar-refractivity contribution in [3.8, 4) is 0 Å². The van der Waals surface area contributed by atoms with E-state index in [1.165, 1.54) is 0 Å². The van der Waals surface area contributed by atoms with Crippen molar-refractivity contribution in [2.45, 2.75) is 19.9 Å². The van der Waals surface area contributed by atoms with Crippen molar-refractivity contribution in [1.82, 2.24) is 14.9 Å². The molecule has 1 aliphatic rings. The van der Waals surface area contributed by atoms with Gasteiger partial charge in [-0.15, -0.1) is 0 Å². The van der Waals surface area contributed by atoms with Crippen molar-refractivity contribution in [1.29, 1.82) is 0 Å². The molecule has 1 aromatic carbocycles. The van der Waals surface area contributed by atoms with Crippen molar-refractivity contribution >= 4 is 40.7 Å². The van der Waals surface area contributed by atoms with Crippen LogP contribution in [0.15, 0.2) is 18.2 Å². The molecule has 0 spiro atoms. The maximum absolute atomic E-state index is 12.6. The van der Waals surface area contributed by atoms with Crippen LogP contribution in [0.2, 0.25) is 10.0 Å². The van der Waals surface area contributed by atoms with E-state index in [0.717, 1.165) is 22.9 Å². The number of halogens is 2. The van der Waals surface area contributed by atoms with Gasteiger partial charge in [0.05, 0.1) is 22.9 Å². The highest BCUT2D eigenvalue weighted by molar-refractivity contribution is 6.36. The molecule has 0 aliphatic carbocycles. The highest BCUT2D eigenvalue weighted by Crippen LogP contribution is 2.28. The molecule has 0 bridgehead atoms. The van der Waals surface area contributed by atoms with E-state index in [9.17, 15) is 4.79 Å². The monoisotopic (exact) mass is 379 g/mol. The number of rotatable bonds is 2. The zero-order valence-electron chi connectivity index (χ0n) is 14.3. The first-order valence-corrected chi connectivity index (χ1v) is 8.65. The number of urea groups is 1. The van der Waals surface area contributed by atoms with E-state index in [2.05, 4.69) is 15.3 Å². The number of benzene rings is 1. The van der Waals surface area contributed by atoms with E-state index in [0.29, 0.717) is 35.2 Å². The van der Waals surface area contributed by atoms with Crippen LogP contribution >= 0.6 is 23.2 Å². The van der Waals surface area contributed by atoms with E-state index in [1.807, 2.05) is 25.9 Å². The third kappa shape index (κ3) is 3.80. The summed E-state index contributed by atoms with van der Waals surface area (Å²) in [6, 6.07) is 4.78. The van der Waals surface area contributed by atoms with Gasteiger partial charge in [-0.05, 0) is 25.1 Å². The lowest BCUT2D eigenvalue weighted by molar-refractivity contribution is 0.206. The largest absolute Gasteiger partial charge is 0.362 e. The predicted octanol–water partition coefficient (Wildman–Crippen LogP) is 3.75. The predicted molar refractivity (Wildman–Crippen MR) is 101 cm³/mol. The summed E-state index contributed by atoms with van der Waals surface area (Å²) < 4.78 is 0. The van der Waals surface area contributed by atoms with Crippen LogP contribution in [0.3, 0.4) is 0 Å². The van der Waals surface area contributed by atoms with Gasteiger partial charge in [0.25, 0.3) is 0 Å². The van der Waals surface area contributed by atoms with Gasteiger partial charge in [-0.25, -0.2) is 14.8 Å². The fraction of sp³-hybridized carbons (Fsp3) is 0.353. The summed E-state index contributed by atoms with van der Waals surface area (Å²) in [5, 5.41) is 3.77. The average Bonchev–Trinajstić information content (AvgIpc) is 2.56. The Kier molecular flexibility index (Phi) is 5.01. The molecule has 0 saturated heterocycles. The van der Waals surface area contributed by atoms with Crippen LogP contribution in [-0.4, -0.2) is 41.5 Å². The van der Waals surface area contributed by atoms with Crippen molar-refractivity contribution in [2.75, 3.05) is 30.9 Å². The molecule has 1 aromatic heterocycles. The Morgan fingerprint density at radius 3 is 2.72 bits per heavy atom. The Morgan fingerprint density at radius 1 is 1.28 bits per heavy atom. The number of carbonyl (C=O) groups is 1. The number of carbonyl (C=O) groups excluding carboxylic acids is 1. The van der Waals surface area contributed by atoms with Crippen molar-refractivity contribution < 1.29 is 4.79 Å². The normalized spacial score (nSPS) is 13.4. The van der Waals surface area contributed by atoms with Gasteiger partial charge in [-0.1, -0.05) is 23.2 Å². The van der Waals surface area contributed by atoms with Gasteiger partial charge in [0.1, 0.15) is 11.6 Å². The Hall–Kier alpha value is -2.05. The van der Waals surface area contributed by atoms with Gasteiger partial charge in [0.2, 0.25) is 0 Å². The molecule has 0 unspecified atom stereocenters. The minimum Gasteiger partial charge on any atom is -0.362 e. The van der Waals surface area contributed by atoms with E-state index < -0.39 is 0 Å². The maximum atomic E-state index is 12.6. The van der Waals surface area contributed by atoms with E-state index in [-0.39, 0.29) is 6.03 Å². The highest BCUT2D eigenvalue weighted by Gasteiger charge is 2.26. The Bertz CT molecular complexity index is 825. The number of hydrogen-bond donors (Lipinski definition) is 1. The van der Waals surface area contributed by atoms with Gasteiger partial charge in [0, 0.05) is 37.6 Å². The molecule has 8 heteroatoms. The molecule has 6 nitrogen and oxygen atoms in total. The van der Waals surface area contributed by atoms with E-state index in [4.69, 9.17) is 23.2 Å². The number of aromatic nitrogens is 2. The molecule has 0 saturated carbocycles. The number of fused-ring (bicyclic) bond motifs is 1. The maximum Gasteiger partial charge on any atom is 0.322 e. The number of nitrogens with zero attached hydrogens (tertiary/aromatic N) is 4. The van der Waals surface area contributed by atoms with Crippen molar-refractivity contribution in [3.05, 3.63) is 45.3 Å². The number of hydrogen-bond acceptors (Lipinski definition) is 4. The Balaban J connectivity index is 1.81. The fourth-order valence-electron chi connectivity index (χ4n) is 2.85. The van der Waals surface area contributed by atoms with E-state index >= 15 is 0 Å². The van der Waals surface area contributed by atoms with Crippen LogP contribution in [0.1, 0.15) is 17.1 Å². The molecular formula is C17H19Cl2N5O. The number of nitrogens with one attached hydrogen (secondary N) is 1. The summed E-state index contributed by atoms with van der Waals surface area (Å²) in [6.07, 6.45) is 0.696. The minimum absolute atomic E-state index is 0.208. The molecule has 0 radical (unpaired) electrons. The smallest absolute Gasteiger partial charge is 0.322 e. The summed E-state index contributed by atoms with van der Waals surface area (Å²) in [4.78, 5) is 25.4. The van der Waals surface area contributed by atoms with Gasteiger partial charge in [0.15, 0.2) is 0 Å². The molecular weight excluding hydrogens is 361 g/mol. The first-order valence-electron chi connectivity index (χ1n) is 7.90. The van der Waals surface area contributed by atoms with E-state index in [1.54, 1.807) is 23.1 Å². The van der Waals surface area contributed by atoms with Crippen molar-refractivity contribution in [2.24, 2.45) is 0 Å². The van der Waals surface area contributed by atoms with Crippen LogP contribution in [0.4, 0.5) is 16.3 Å². The summed E-state index contributed by atoms with van der Waals surface area (Å²) in [5.74, 6) is 1.60. The van der Waals surface area contributed by atoms with Gasteiger partial charge >= 0.3 is 6.03 Å². The number of anilines is 2. The van der Waals surface area contributed by atoms with Crippen LogP contribution in [0.25, 0.3) is 0 Å². The topological polar surface area (TPSA) is 61.4 Å². The fourth-order valence-corrected chi connectivity index (χ4v) is 3.30. The summed E-state index contributed by atoms with van der Waals surface area (Å²) in [7, 11) is 3.88. The third-order valence-corrected chi connectivity index (χ3v) is 4.58. The molecule has 1 aliphatic heterocycles. The molecule has 2 amide bonds. The molecule has 0 fully saturated rings. The second kappa shape index (κ2) is 7.06. The van der Waals surface area contributed by atoms with Crippen molar-refractivity contribution in [3.63, 3.8) is 0 Å². The lowest BCUT2D eigenvalue weighted by Crippen LogP contribution is -2.40. The second-order valence-electron chi connectivity index (χ2n) is 6.14. The zero-order chi connectivity index (χ0) is 18.1. The number of aryl methyl sites for hydroxylation is 1. The number of amides is 2. The first kappa shape index (κ1) is 17.8. The lowest BCUT2D eigenvalue weighted by Gasteiger charge is -2.31. The molecule has 2 heterocycles. The van der Waals surface area contributed by atoms with Gasteiger partial charge < -0.3 is 15.1 Å². The average molecular weight is 380 g/mol. The summed E-state index contributed by atoms with van der Waals surface area (Å²) in [5.41, 5.74) is 2.53. The van der Waals surface area contributed by atoms with Gasteiger partial charge in [-0.3, -0.25) is 0 Å². The zero-order valence-corrected chi connectivity index (χ0v) is 15.8. The second-order valence-corrected chi connectivity index (χ2v) is 6.98. The Labute approximate surface area is 156 Å². The van der Waals surface area contributed by atoms with Crippen LogP contribution in [0.5, 0.6) is 0 Å². The Morgan fingerprint density at radius 2 is 2.04 bits per heavy atom. The lowest BCUT2D eigenvalue weighted by atomic mass is 10.1. The first-order chi connectivity index (χ1) is 11.8. The molecule has 0 atom stereocenters.